The largest absolute Gasteiger partial charge is 0.500 e. The van der Waals surface area contributed by atoms with Gasteiger partial charge in [0.05, 0.1) is 6.61 Å². The third-order valence-corrected chi connectivity index (χ3v) is 5.47. The zero-order valence-electron chi connectivity index (χ0n) is 12.5. The van der Waals surface area contributed by atoms with Gasteiger partial charge in [-0.05, 0) is 13.3 Å². The quantitative estimate of drug-likeness (QED) is 0.198. The van der Waals surface area contributed by atoms with Gasteiger partial charge in [0.25, 0.3) is 0 Å². The van der Waals surface area contributed by atoms with Crippen LogP contribution in [0.4, 0.5) is 0 Å². The topological polar surface area (TPSA) is 83.5 Å². The minimum absolute atomic E-state index is 0.269. The number of hydrogen-bond acceptors (Lipinski definition) is 7. The van der Waals surface area contributed by atoms with Gasteiger partial charge in [-0.2, -0.15) is 0 Å². The van der Waals surface area contributed by atoms with E-state index in [0.29, 0.717) is 12.5 Å². The van der Waals surface area contributed by atoms with Gasteiger partial charge in [-0.3, -0.25) is 0 Å². The molecule has 0 saturated carbocycles. The number of hydrogen-bond donors (Lipinski definition) is 1. The van der Waals surface area contributed by atoms with Gasteiger partial charge in [0.2, 0.25) is 6.29 Å². The van der Waals surface area contributed by atoms with Crippen LogP contribution in [0.3, 0.4) is 0 Å². The maximum Gasteiger partial charge on any atom is 0.500 e. The number of aliphatic hydroxyl groups excluding tert-OH is 1. The lowest BCUT2D eigenvalue weighted by Crippen LogP contribution is -2.43. The SMILES string of the molecule is C=CC(=O)OC(OCCC[Si](OC)(OC)OC)C(C)O. The molecule has 20 heavy (non-hydrogen) atoms. The number of aliphatic hydroxyl groups is 1. The summed E-state index contributed by atoms with van der Waals surface area (Å²) < 4.78 is 26.0. The second-order valence-electron chi connectivity index (χ2n) is 4.02. The summed E-state index contributed by atoms with van der Waals surface area (Å²) in [6, 6.07) is 0.554. The Hall–Kier alpha value is -0.773. The molecule has 0 radical (unpaired) electrons. The van der Waals surface area contributed by atoms with Crippen molar-refractivity contribution in [2.45, 2.75) is 31.8 Å². The summed E-state index contributed by atoms with van der Waals surface area (Å²) in [5, 5.41) is 9.45. The monoisotopic (exact) mass is 308 g/mol. The number of rotatable bonds is 11. The Morgan fingerprint density at radius 2 is 1.85 bits per heavy atom. The van der Waals surface area contributed by atoms with E-state index in [-0.39, 0.29) is 6.61 Å². The molecule has 118 valence electrons. The number of ether oxygens (including phenoxy) is 2. The van der Waals surface area contributed by atoms with Crippen LogP contribution in [0.2, 0.25) is 6.04 Å². The smallest absolute Gasteiger partial charge is 0.430 e. The molecular weight excluding hydrogens is 284 g/mol. The molecule has 0 aromatic rings. The molecule has 0 aliphatic heterocycles. The van der Waals surface area contributed by atoms with Crippen LogP contribution in [0.25, 0.3) is 0 Å². The van der Waals surface area contributed by atoms with Gasteiger partial charge in [0.1, 0.15) is 6.10 Å². The van der Waals surface area contributed by atoms with Gasteiger partial charge in [-0.15, -0.1) is 0 Å². The summed E-state index contributed by atoms with van der Waals surface area (Å²) in [6.45, 7) is 5.02. The van der Waals surface area contributed by atoms with E-state index in [2.05, 4.69) is 6.58 Å². The van der Waals surface area contributed by atoms with Crippen molar-refractivity contribution < 1.29 is 32.7 Å². The summed E-state index contributed by atoms with van der Waals surface area (Å²) in [6.07, 6.45) is -0.369. The third kappa shape index (κ3) is 6.59. The van der Waals surface area contributed by atoms with E-state index < -0.39 is 27.2 Å². The Kier molecular flexibility index (Phi) is 9.64. The zero-order valence-corrected chi connectivity index (χ0v) is 13.5. The second-order valence-corrected chi connectivity index (χ2v) is 7.11. The minimum Gasteiger partial charge on any atom is -0.430 e. The molecule has 0 rings (SSSR count). The van der Waals surface area contributed by atoms with Crippen molar-refractivity contribution in [2.24, 2.45) is 0 Å². The summed E-state index contributed by atoms with van der Waals surface area (Å²) in [4.78, 5) is 11.1. The van der Waals surface area contributed by atoms with E-state index in [9.17, 15) is 9.90 Å². The van der Waals surface area contributed by atoms with Crippen LogP contribution in [-0.2, 0) is 27.5 Å². The zero-order chi connectivity index (χ0) is 15.6. The van der Waals surface area contributed by atoms with Crippen molar-refractivity contribution in [1.82, 2.24) is 0 Å². The van der Waals surface area contributed by atoms with E-state index in [0.717, 1.165) is 6.08 Å². The lowest BCUT2D eigenvalue weighted by Gasteiger charge is -2.25. The lowest BCUT2D eigenvalue weighted by molar-refractivity contribution is -0.195. The average Bonchev–Trinajstić information content (AvgIpc) is 2.46. The van der Waals surface area contributed by atoms with Crippen LogP contribution in [0.5, 0.6) is 0 Å². The standard InChI is InChI=1S/C12H24O7Si/c1-6-11(14)19-12(10(2)13)18-8-7-9-20(15-3,16-4)17-5/h6,10,12-13H,1,7-9H2,2-5H3. The fourth-order valence-corrected chi connectivity index (χ4v) is 3.17. The Balaban J connectivity index is 4.18. The molecule has 0 aliphatic carbocycles. The second kappa shape index (κ2) is 10.0. The molecule has 0 spiro atoms. The Labute approximate surface area is 120 Å². The molecule has 0 amide bonds. The molecule has 0 aliphatic rings. The van der Waals surface area contributed by atoms with E-state index >= 15 is 0 Å². The van der Waals surface area contributed by atoms with Gasteiger partial charge in [-0.25, -0.2) is 4.79 Å². The van der Waals surface area contributed by atoms with E-state index in [4.69, 9.17) is 22.8 Å². The first kappa shape index (κ1) is 19.2. The highest BCUT2D eigenvalue weighted by Crippen LogP contribution is 2.15. The Morgan fingerprint density at radius 1 is 1.30 bits per heavy atom. The molecule has 2 atom stereocenters. The average molecular weight is 308 g/mol. The van der Waals surface area contributed by atoms with Crippen LogP contribution < -0.4 is 0 Å². The number of carbonyl (C=O) groups excluding carboxylic acids is 1. The van der Waals surface area contributed by atoms with Crippen LogP contribution in [0.1, 0.15) is 13.3 Å². The van der Waals surface area contributed by atoms with Gasteiger partial charge >= 0.3 is 14.8 Å². The van der Waals surface area contributed by atoms with Crippen LogP contribution in [0, 0.1) is 0 Å². The molecule has 0 heterocycles. The summed E-state index contributed by atoms with van der Waals surface area (Å²) in [5.41, 5.74) is 0. The molecule has 2 unspecified atom stereocenters. The van der Waals surface area contributed by atoms with E-state index in [1.165, 1.54) is 28.3 Å². The van der Waals surface area contributed by atoms with Crippen molar-refractivity contribution in [3.63, 3.8) is 0 Å². The van der Waals surface area contributed by atoms with Crippen molar-refractivity contribution in [1.29, 1.82) is 0 Å². The highest BCUT2D eigenvalue weighted by molar-refractivity contribution is 6.60. The molecule has 8 heteroatoms. The van der Waals surface area contributed by atoms with Gasteiger partial charge in [-0.1, -0.05) is 6.58 Å². The van der Waals surface area contributed by atoms with Crippen molar-refractivity contribution in [2.75, 3.05) is 27.9 Å². The van der Waals surface area contributed by atoms with Gasteiger partial charge in [0, 0.05) is 33.4 Å². The van der Waals surface area contributed by atoms with Crippen LogP contribution in [-0.4, -0.2) is 60.2 Å². The maximum atomic E-state index is 11.1. The normalized spacial score (nSPS) is 14.7. The summed E-state index contributed by atoms with van der Waals surface area (Å²) >= 11 is 0. The molecule has 0 aromatic heterocycles. The van der Waals surface area contributed by atoms with Gasteiger partial charge < -0.3 is 27.9 Å². The predicted molar refractivity (Wildman–Crippen MR) is 73.9 cm³/mol. The Bertz CT molecular complexity index is 283. The molecule has 0 fully saturated rings. The van der Waals surface area contributed by atoms with Crippen LogP contribution in [0.15, 0.2) is 12.7 Å². The lowest BCUT2D eigenvalue weighted by atomic mass is 10.4. The van der Waals surface area contributed by atoms with E-state index in [1.807, 2.05) is 0 Å². The molecule has 7 nitrogen and oxygen atoms in total. The van der Waals surface area contributed by atoms with Crippen molar-refractivity contribution in [3.8, 4) is 0 Å². The first-order chi connectivity index (χ1) is 9.44. The first-order valence-corrected chi connectivity index (χ1v) is 8.16. The molecule has 0 aromatic carbocycles. The van der Waals surface area contributed by atoms with Gasteiger partial charge in [0.15, 0.2) is 0 Å². The number of esters is 1. The third-order valence-electron chi connectivity index (χ3n) is 2.64. The molecule has 0 saturated heterocycles. The Morgan fingerprint density at radius 3 is 2.25 bits per heavy atom. The number of carbonyl (C=O) groups is 1. The van der Waals surface area contributed by atoms with Crippen molar-refractivity contribution >= 4 is 14.8 Å². The van der Waals surface area contributed by atoms with Crippen LogP contribution >= 0.6 is 0 Å². The van der Waals surface area contributed by atoms with E-state index in [1.54, 1.807) is 0 Å². The highest BCUT2D eigenvalue weighted by Gasteiger charge is 2.37. The highest BCUT2D eigenvalue weighted by atomic mass is 28.4. The predicted octanol–water partition coefficient (Wildman–Crippen LogP) is 0.707. The molecular formula is C12H24O7Si. The summed E-state index contributed by atoms with van der Waals surface area (Å²) in [5.74, 6) is -0.648. The maximum absolute atomic E-state index is 11.1. The van der Waals surface area contributed by atoms with Crippen molar-refractivity contribution in [3.05, 3.63) is 12.7 Å². The fourth-order valence-electron chi connectivity index (χ4n) is 1.48. The fraction of sp³-hybridized carbons (Fsp3) is 0.750. The minimum atomic E-state index is -2.62. The summed E-state index contributed by atoms with van der Waals surface area (Å²) in [7, 11) is 1.97. The first-order valence-electron chi connectivity index (χ1n) is 6.22. The molecule has 1 N–H and O–H groups in total. The molecule has 0 bridgehead atoms.